The van der Waals surface area contributed by atoms with E-state index in [9.17, 15) is 10.2 Å². The van der Waals surface area contributed by atoms with Crippen LogP contribution in [0.1, 0.15) is 31.2 Å². The smallest absolute Gasteiger partial charge is 0.167 e. The highest BCUT2D eigenvalue weighted by molar-refractivity contribution is 5.98. The average molecular weight is 486 g/mol. The lowest BCUT2D eigenvalue weighted by molar-refractivity contribution is -0.102. The highest BCUT2D eigenvalue weighted by Gasteiger charge is 2.47. The van der Waals surface area contributed by atoms with Crippen molar-refractivity contribution in [3.63, 3.8) is 0 Å². The van der Waals surface area contributed by atoms with Gasteiger partial charge in [-0.05, 0) is 51.7 Å². The van der Waals surface area contributed by atoms with Gasteiger partial charge in [-0.15, -0.1) is 0 Å². The number of rotatable bonds is 6. The number of aliphatic hydroxyl groups excluding tert-OH is 2. The van der Waals surface area contributed by atoms with Gasteiger partial charge in [0.05, 0.1) is 19.0 Å². The Morgan fingerprint density at radius 2 is 1.78 bits per heavy atom. The number of anilines is 1. The molecular formula is C27H27N5O4. The largest absolute Gasteiger partial charge is 0.394 e. The normalized spacial score (nSPS) is 23.1. The van der Waals surface area contributed by atoms with Crippen LogP contribution in [-0.4, -0.2) is 54.7 Å². The van der Waals surface area contributed by atoms with Crippen LogP contribution in [0.15, 0.2) is 67.3 Å². The Bertz CT molecular complexity index is 1550. The zero-order valence-electron chi connectivity index (χ0n) is 19.7. The first-order valence-corrected chi connectivity index (χ1v) is 12.0. The number of imidazole rings is 1. The number of nitrogen functional groups attached to an aromatic ring is 1. The number of fused-ring (bicyclic) bond motifs is 3. The molecule has 2 aromatic heterocycles. The minimum Gasteiger partial charge on any atom is -0.394 e. The Labute approximate surface area is 207 Å². The van der Waals surface area contributed by atoms with Crippen molar-refractivity contribution in [2.24, 2.45) is 0 Å². The minimum absolute atomic E-state index is 0.253. The number of nitrogens with two attached hydrogens (primary N) is 1. The fourth-order valence-electron chi connectivity index (χ4n) is 5.06. The van der Waals surface area contributed by atoms with Gasteiger partial charge in [0.15, 0.2) is 17.7 Å². The Kier molecular flexibility index (Phi) is 5.77. The average Bonchev–Trinajstić information content (AvgIpc) is 3.47. The lowest BCUT2D eigenvalue weighted by Gasteiger charge is -2.27. The van der Waals surface area contributed by atoms with Gasteiger partial charge in [0.1, 0.15) is 30.2 Å². The molecule has 3 heterocycles. The van der Waals surface area contributed by atoms with Crippen molar-refractivity contribution < 1.29 is 19.7 Å². The van der Waals surface area contributed by atoms with Gasteiger partial charge in [-0.1, -0.05) is 43.3 Å². The second-order valence-electron chi connectivity index (χ2n) is 9.12. The second-order valence-corrected chi connectivity index (χ2v) is 9.12. The highest BCUT2D eigenvalue weighted by Crippen LogP contribution is 2.38. The summed E-state index contributed by atoms with van der Waals surface area (Å²) in [6, 6.07) is 19.0. The Hall–Kier alpha value is -3.63. The van der Waals surface area contributed by atoms with E-state index in [-0.39, 0.29) is 18.5 Å². The summed E-state index contributed by atoms with van der Waals surface area (Å²) >= 11 is 0. The maximum absolute atomic E-state index is 11.0. The molecule has 6 rings (SSSR count). The van der Waals surface area contributed by atoms with Crippen molar-refractivity contribution in [1.29, 1.82) is 0 Å². The topological polar surface area (TPSA) is 129 Å². The summed E-state index contributed by atoms with van der Waals surface area (Å²) in [5.74, 6) is 0.253. The van der Waals surface area contributed by atoms with Gasteiger partial charge in [-0.2, -0.15) is 0 Å². The maximum Gasteiger partial charge on any atom is 0.167 e. The molecule has 5 atom stereocenters. The van der Waals surface area contributed by atoms with Crippen molar-refractivity contribution >= 4 is 38.5 Å². The summed E-state index contributed by atoms with van der Waals surface area (Å²) < 4.78 is 14.2. The Morgan fingerprint density at radius 3 is 2.53 bits per heavy atom. The molecule has 1 aliphatic heterocycles. The molecule has 0 radical (unpaired) electrons. The SMILES string of the molecule is CCC(O[C@@H]1[C@H](O)[C@@H](CO)O[C@H]1n1cnc2c(N)ncnc21)c1ccc2cc3ccccc3cc2c1. The predicted octanol–water partition coefficient (Wildman–Crippen LogP) is 3.50. The van der Waals surface area contributed by atoms with Gasteiger partial charge >= 0.3 is 0 Å². The Morgan fingerprint density at radius 1 is 1.03 bits per heavy atom. The lowest BCUT2D eigenvalue weighted by atomic mass is 9.98. The quantitative estimate of drug-likeness (QED) is 0.312. The van der Waals surface area contributed by atoms with Crippen molar-refractivity contribution in [2.75, 3.05) is 12.3 Å². The third-order valence-electron chi connectivity index (χ3n) is 6.95. The summed E-state index contributed by atoms with van der Waals surface area (Å²) in [6.07, 6.45) is -0.105. The van der Waals surface area contributed by atoms with E-state index in [0.717, 1.165) is 16.3 Å². The van der Waals surface area contributed by atoms with E-state index in [2.05, 4.69) is 57.4 Å². The molecule has 4 N–H and O–H groups in total. The van der Waals surface area contributed by atoms with E-state index in [1.807, 2.05) is 19.1 Å². The summed E-state index contributed by atoms with van der Waals surface area (Å²) in [7, 11) is 0. The number of hydrogen-bond acceptors (Lipinski definition) is 8. The highest BCUT2D eigenvalue weighted by atomic mass is 16.6. The molecule has 1 unspecified atom stereocenters. The van der Waals surface area contributed by atoms with Gasteiger partial charge in [0.2, 0.25) is 0 Å². The molecule has 0 spiro atoms. The van der Waals surface area contributed by atoms with E-state index >= 15 is 0 Å². The molecule has 0 amide bonds. The van der Waals surface area contributed by atoms with E-state index in [1.165, 1.54) is 17.1 Å². The van der Waals surface area contributed by atoms with E-state index in [1.54, 1.807) is 10.9 Å². The van der Waals surface area contributed by atoms with Crippen LogP contribution in [0.4, 0.5) is 5.82 Å². The standard InChI is InChI=1S/C27H27N5O4/c1-2-20(18-8-7-17-9-15-5-3-4-6-16(15)10-19(17)11-18)35-24-23(34)21(12-33)36-27(24)32-14-31-22-25(28)29-13-30-26(22)32/h3-11,13-14,20-21,23-24,27,33-34H,2,12H2,1H3,(H2,28,29,30)/t20?,21-,23-,24-,27-/m1/s1. The van der Waals surface area contributed by atoms with E-state index in [0.29, 0.717) is 17.6 Å². The monoisotopic (exact) mass is 485 g/mol. The molecule has 9 nitrogen and oxygen atoms in total. The number of aliphatic hydroxyl groups is 2. The summed E-state index contributed by atoms with van der Waals surface area (Å²) in [5.41, 5.74) is 7.86. The van der Waals surface area contributed by atoms with Gasteiger partial charge < -0.3 is 25.4 Å². The zero-order chi connectivity index (χ0) is 24.8. The van der Waals surface area contributed by atoms with Gasteiger partial charge in [0, 0.05) is 0 Å². The molecule has 36 heavy (non-hydrogen) atoms. The number of benzene rings is 3. The first-order valence-electron chi connectivity index (χ1n) is 12.0. The zero-order valence-corrected chi connectivity index (χ0v) is 19.7. The maximum atomic E-state index is 11.0. The summed E-state index contributed by atoms with van der Waals surface area (Å²) in [6.45, 7) is 1.69. The molecule has 0 aliphatic carbocycles. The van der Waals surface area contributed by atoms with E-state index in [4.69, 9.17) is 15.2 Å². The van der Waals surface area contributed by atoms with Crippen molar-refractivity contribution in [2.45, 2.75) is 44.0 Å². The first-order chi connectivity index (χ1) is 17.6. The van der Waals surface area contributed by atoms with Gasteiger partial charge in [-0.3, -0.25) is 4.57 Å². The summed E-state index contributed by atoms with van der Waals surface area (Å²) in [4.78, 5) is 12.6. The molecule has 1 aliphatic rings. The van der Waals surface area contributed by atoms with Crippen LogP contribution in [0.25, 0.3) is 32.7 Å². The molecule has 3 aromatic carbocycles. The van der Waals surface area contributed by atoms with Crippen molar-refractivity contribution in [3.8, 4) is 0 Å². The molecular weight excluding hydrogens is 458 g/mol. The third-order valence-corrected chi connectivity index (χ3v) is 6.95. The minimum atomic E-state index is -1.05. The van der Waals surface area contributed by atoms with Crippen LogP contribution in [0.2, 0.25) is 0 Å². The third kappa shape index (κ3) is 3.77. The number of ether oxygens (including phenoxy) is 2. The van der Waals surface area contributed by atoms with Crippen LogP contribution in [0.3, 0.4) is 0 Å². The molecule has 9 heteroatoms. The van der Waals surface area contributed by atoms with Gasteiger partial charge in [-0.25, -0.2) is 15.0 Å². The Balaban J connectivity index is 1.36. The van der Waals surface area contributed by atoms with Gasteiger partial charge in [0.25, 0.3) is 0 Å². The summed E-state index contributed by atoms with van der Waals surface area (Å²) in [5, 5.41) is 25.5. The van der Waals surface area contributed by atoms with Crippen LogP contribution < -0.4 is 5.73 Å². The van der Waals surface area contributed by atoms with Crippen molar-refractivity contribution in [3.05, 3.63) is 72.8 Å². The number of nitrogens with zero attached hydrogens (tertiary/aromatic N) is 4. The molecule has 184 valence electrons. The fourth-order valence-corrected chi connectivity index (χ4v) is 5.06. The van der Waals surface area contributed by atoms with Crippen LogP contribution in [0, 0.1) is 0 Å². The molecule has 0 bridgehead atoms. The van der Waals surface area contributed by atoms with Crippen LogP contribution in [-0.2, 0) is 9.47 Å². The molecule has 0 saturated carbocycles. The molecule has 1 fully saturated rings. The number of aromatic nitrogens is 4. The van der Waals surface area contributed by atoms with Crippen LogP contribution >= 0.6 is 0 Å². The molecule has 5 aromatic rings. The van der Waals surface area contributed by atoms with Crippen molar-refractivity contribution in [1.82, 2.24) is 19.5 Å². The lowest BCUT2D eigenvalue weighted by Crippen LogP contribution is -2.36. The van der Waals surface area contributed by atoms with E-state index < -0.39 is 24.5 Å². The second kappa shape index (κ2) is 9.11. The molecule has 1 saturated heterocycles. The first kappa shape index (κ1) is 22.8. The van der Waals surface area contributed by atoms with Crippen LogP contribution in [0.5, 0.6) is 0 Å². The fraction of sp³-hybridized carbons (Fsp3) is 0.296. The number of hydrogen-bond donors (Lipinski definition) is 3. The predicted molar refractivity (Wildman–Crippen MR) is 136 cm³/mol.